The molecule has 134 valence electrons. The molecule has 0 radical (unpaired) electrons. The Bertz CT molecular complexity index is 970. The Balaban J connectivity index is 1.60. The summed E-state index contributed by atoms with van der Waals surface area (Å²) in [5.74, 6) is -0.0510. The average Bonchev–Trinajstić information content (AvgIpc) is 3.16. The number of hydrogen-bond acceptors (Lipinski definition) is 4. The smallest absolute Gasteiger partial charge is 0.240 e. The highest BCUT2D eigenvalue weighted by Gasteiger charge is 2.31. The van der Waals surface area contributed by atoms with Crippen molar-refractivity contribution < 1.29 is 4.79 Å². The molecule has 2 heterocycles. The van der Waals surface area contributed by atoms with E-state index in [4.69, 9.17) is 0 Å². The van der Waals surface area contributed by atoms with Crippen molar-refractivity contribution in [2.45, 2.75) is 19.4 Å². The van der Waals surface area contributed by atoms with Crippen molar-refractivity contribution in [3.63, 3.8) is 0 Å². The van der Waals surface area contributed by atoms with E-state index in [9.17, 15) is 4.79 Å². The Kier molecular flexibility index (Phi) is 4.66. The van der Waals surface area contributed by atoms with Crippen molar-refractivity contribution >= 4 is 23.0 Å². The molecule has 27 heavy (non-hydrogen) atoms. The third-order valence-corrected chi connectivity index (χ3v) is 4.58. The van der Waals surface area contributed by atoms with Crippen molar-refractivity contribution in [2.75, 3.05) is 5.32 Å². The Morgan fingerprint density at radius 3 is 2.52 bits per heavy atom. The van der Waals surface area contributed by atoms with Crippen LogP contribution in [0.1, 0.15) is 30.5 Å². The van der Waals surface area contributed by atoms with E-state index in [1.165, 1.54) is 0 Å². The summed E-state index contributed by atoms with van der Waals surface area (Å²) in [7, 11) is 0. The second-order valence-electron chi connectivity index (χ2n) is 6.48. The van der Waals surface area contributed by atoms with Crippen LogP contribution in [0.15, 0.2) is 84.2 Å². The highest BCUT2D eigenvalue weighted by molar-refractivity contribution is 6.03. The maximum atomic E-state index is 12.1. The number of rotatable bonds is 4. The summed E-state index contributed by atoms with van der Waals surface area (Å²) in [5.41, 5.74) is 4.97. The molecular weight excluding hydrogens is 336 g/mol. The molecule has 0 saturated heterocycles. The van der Waals surface area contributed by atoms with Gasteiger partial charge in [0, 0.05) is 37.1 Å². The maximum Gasteiger partial charge on any atom is 0.240 e. The Morgan fingerprint density at radius 2 is 1.78 bits per heavy atom. The molecule has 1 aliphatic rings. The van der Waals surface area contributed by atoms with Gasteiger partial charge in [0.1, 0.15) is 0 Å². The monoisotopic (exact) mass is 356 g/mol. The van der Waals surface area contributed by atoms with Crippen LogP contribution in [0.25, 0.3) is 0 Å². The van der Waals surface area contributed by atoms with Crippen molar-refractivity contribution in [1.29, 1.82) is 0 Å². The van der Waals surface area contributed by atoms with Gasteiger partial charge in [0.05, 0.1) is 11.8 Å². The van der Waals surface area contributed by atoms with Crippen LogP contribution >= 0.6 is 0 Å². The molecular formula is C22H20N4O. The molecule has 0 bridgehead atoms. The summed E-state index contributed by atoms with van der Waals surface area (Å²) in [6.45, 7) is 1.56. The molecule has 0 spiro atoms. The predicted octanol–water partition coefficient (Wildman–Crippen LogP) is 4.52. The van der Waals surface area contributed by atoms with Gasteiger partial charge < -0.3 is 5.32 Å². The number of pyridine rings is 1. The van der Waals surface area contributed by atoms with Gasteiger partial charge in [0.25, 0.3) is 0 Å². The summed E-state index contributed by atoms with van der Waals surface area (Å²) >= 11 is 0. The van der Waals surface area contributed by atoms with Crippen LogP contribution in [0.3, 0.4) is 0 Å². The van der Waals surface area contributed by atoms with Gasteiger partial charge >= 0.3 is 0 Å². The number of nitrogens with zero attached hydrogens (tertiary/aromatic N) is 3. The van der Waals surface area contributed by atoms with E-state index < -0.39 is 0 Å². The minimum atomic E-state index is -0.0597. The summed E-state index contributed by atoms with van der Waals surface area (Å²) < 4.78 is 0. The van der Waals surface area contributed by atoms with Gasteiger partial charge in [-0.05, 0) is 35.4 Å². The zero-order valence-electron chi connectivity index (χ0n) is 15.0. The first-order valence-electron chi connectivity index (χ1n) is 8.90. The molecule has 4 rings (SSSR count). The molecule has 1 aromatic heterocycles. The normalized spacial score (nSPS) is 16.1. The molecule has 1 aliphatic heterocycles. The average molecular weight is 356 g/mol. The molecule has 1 atom stereocenters. The van der Waals surface area contributed by atoms with E-state index in [-0.39, 0.29) is 11.9 Å². The Morgan fingerprint density at radius 1 is 1.00 bits per heavy atom. The second-order valence-corrected chi connectivity index (χ2v) is 6.48. The number of amides is 1. The van der Waals surface area contributed by atoms with E-state index in [0.29, 0.717) is 6.42 Å². The molecule has 1 amide bonds. The van der Waals surface area contributed by atoms with Crippen LogP contribution in [0.2, 0.25) is 0 Å². The van der Waals surface area contributed by atoms with Gasteiger partial charge in [-0.25, -0.2) is 5.01 Å². The van der Waals surface area contributed by atoms with Gasteiger partial charge in [0.15, 0.2) is 0 Å². The summed E-state index contributed by atoms with van der Waals surface area (Å²) in [4.78, 5) is 16.1. The van der Waals surface area contributed by atoms with Crippen molar-refractivity contribution in [1.82, 2.24) is 9.99 Å². The Hall–Kier alpha value is -3.47. The third-order valence-electron chi connectivity index (χ3n) is 4.58. The number of benzene rings is 2. The van der Waals surface area contributed by atoms with Gasteiger partial charge in [-0.15, -0.1) is 0 Å². The first kappa shape index (κ1) is 17.0. The zero-order chi connectivity index (χ0) is 18.6. The number of carbonyl (C=O) groups is 1. The lowest BCUT2D eigenvalue weighted by Crippen LogP contribution is -2.24. The minimum Gasteiger partial charge on any atom is -0.355 e. The van der Waals surface area contributed by atoms with Gasteiger partial charge in [-0.3, -0.25) is 9.78 Å². The fraction of sp³-hybridized carbons (Fsp3) is 0.136. The standard InChI is InChI=1S/C22H20N4O/c1-16(27)26-22(17-6-3-2-4-7-17)15-21(25-26)18-8-5-9-20(14-18)24-19-10-12-23-13-11-19/h2-14,22H,15H2,1H3,(H,23,24). The van der Waals surface area contributed by atoms with E-state index in [1.54, 1.807) is 24.3 Å². The summed E-state index contributed by atoms with van der Waals surface area (Å²) in [5, 5.41) is 9.59. The van der Waals surface area contributed by atoms with E-state index >= 15 is 0 Å². The van der Waals surface area contributed by atoms with Gasteiger partial charge in [-0.2, -0.15) is 5.10 Å². The molecule has 2 aromatic carbocycles. The lowest BCUT2D eigenvalue weighted by atomic mass is 9.98. The molecule has 5 heteroatoms. The topological polar surface area (TPSA) is 57.6 Å². The van der Waals surface area contributed by atoms with Crippen molar-refractivity contribution in [3.05, 3.63) is 90.3 Å². The molecule has 0 aliphatic carbocycles. The SMILES string of the molecule is CC(=O)N1N=C(c2cccc(Nc3ccncc3)c2)CC1c1ccccc1. The highest BCUT2D eigenvalue weighted by atomic mass is 16.2. The number of aromatic nitrogens is 1. The predicted molar refractivity (Wildman–Crippen MR) is 107 cm³/mol. The van der Waals surface area contributed by atoms with E-state index in [1.807, 2.05) is 60.7 Å². The minimum absolute atomic E-state index is 0.0510. The lowest BCUT2D eigenvalue weighted by molar-refractivity contribution is -0.130. The molecule has 5 nitrogen and oxygen atoms in total. The quantitative estimate of drug-likeness (QED) is 0.747. The maximum absolute atomic E-state index is 12.1. The lowest BCUT2D eigenvalue weighted by Gasteiger charge is -2.20. The van der Waals surface area contributed by atoms with Crippen LogP contribution in [0, 0.1) is 0 Å². The molecule has 0 saturated carbocycles. The summed E-state index contributed by atoms with van der Waals surface area (Å²) in [6, 6.07) is 21.9. The summed E-state index contributed by atoms with van der Waals surface area (Å²) in [6.07, 6.45) is 4.20. The molecule has 1 unspecified atom stereocenters. The fourth-order valence-electron chi connectivity index (χ4n) is 3.29. The van der Waals surface area contributed by atoms with E-state index in [2.05, 4.69) is 21.5 Å². The fourth-order valence-corrected chi connectivity index (χ4v) is 3.29. The van der Waals surface area contributed by atoms with Gasteiger partial charge in [-0.1, -0.05) is 42.5 Å². The van der Waals surface area contributed by atoms with Crippen molar-refractivity contribution in [2.24, 2.45) is 5.10 Å². The number of anilines is 2. The van der Waals surface area contributed by atoms with Crippen molar-refractivity contribution in [3.8, 4) is 0 Å². The number of hydrazone groups is 1. The third kappa shape index (κ3) is 3.72. The number of hydrogen-bond donors (Lipinski definition) is 1. The van der Waals surface area contributed by atoms with Crippen LogP contribution in [-0.2, 0) is 4.79 Å². The largest absolute Gasteiger partial charge is 0.355 e. The zero-order valence-corrected chi connectivity index (χ0v) is 15.0. The van der Waals surface area contributed by atoms with Crippen LogP contribution in [0.5, 0.6) is 0 Å². The second kappa shape index (κ2) is 7.41. The molecule has 0 fully saturated rings. The van der Waals surface area contributed by atoms with Crippen LogP contribution in [0.4, 0.5) is 11.4 Å². The van der Waals surface area contributed by atoms with Gasteiger partial charge in [0.2, 0.25) is 5.91 Å². The number of carbonyl (C=O) groups excluding carboxylic acids is 1. The van der Waals surface area contributed by atoms with Crippen LogP contribution < -0.4 is 5.32 Å². The first-order valence-corrected chi connectivity index (χ1v) is 8.90. The Labute approximate surface area is 158 Å². The van der Waals surface area contributed by atoms with E-state index in [0.717, 1.165) is 28.2 Å². The first-order chi connectivity index (χ1) is 13.2. The van der Waals surface area contributed by atoms with Crippen LogP contribution in [-0.4, -0.2) is 21.6 Å². The highest BCUT2D eigenvalue weighted by Crippen LogP contribution is 2.33. The molecule has 1 N–H and O–H groups in total. The number of nitrogens with one attached hydrogen (secondary N) is 1. The molecule has 3 aromatic rings.